The van der Waals surface area contributed by atoms with Crippen LogP contribution in [-0.2, 0) is 0 Å². The Hall–Kier alpha value is -0.820. The largest absolute Gasteiger partial charge is 0.307 e. The minimum atomic E-state index is 0.591. The number of hydrogen-bond acceptors (Lipinski definition) is 1. The van der Waals surface area contributed by atoms with Gasteiger partial charge in [0, 0.05) is 12.1 Å². The highest BCUT2D eigenvalue weighted by Crippen LogP contribution is 2.66. The number of nitrogens with one attached hydrogen (secondary N) is 1. The number of unbranched alkanes of at least 4 members (excludes halogenated alkanes) is 2. The van der Waals surface area contributed by atoms with Crippen molar-refractivity contribution in [3.63, 3.8) is 0 Å². The maximum absolute atomic E-state index is 4.07. The average Bonchev–Trinajstić information content (AvgIpc) is 2.91. The third-order valence-corrected chi connectivity index (χ3v) is 6.43. The molecule has 21 heavy (non-hydrogen) atoms. The highest BCUT2D eigenvalue weighted by molar-refractivity contribution is 5.22. The number of benzene rings is 1. The molecule has 1 nitrogen and oxygen atoms in total. The summed E-state index contributed by atoms with van der Waals surface area (Å²) in [7, 11) is 0. The van der Waals surface area contributed by atoms with Gasteiger partial charge in [-0.05, 0) is 54.9 Å². The maximum Gasteiger partial charge on any atom is 0.0322 e. The molecule has 0 heterocycles. The molecule has 3 fully saturated rings. The first-order valence-corrected chi connectivity index (χ1v) is 9.19. The molecule has 4 rings (SSSR count). The van der Waals surface area contributed by atoms with E-state index in [0.717, 1.165) is 29.7 Å². The van der Waals surface area contributed by atoms with Gasteiger partial charge in [0.05, 0.1) is 0 Å². The van der Waals surface area contributed by atoms with Crippen LogP contribution >= 0.6 is 0 Å². The standard InChI is InChI=1S/C20H29N/c1-2-3-5-10-17(14-8-6-4-7-9-14)21-20-18-15-11-12-16(13-15)19(18)20/h4,6-9,15-21H,2-3,5,10-13H2,1H3. The van der Waals surface area contributed by atoms with Crippen molar-refractivity contribution in [3.8, 4) is 0 Å². The van der Waals surface area contributed by atoms with E-state index in [4.69, 9.17) is 0 Å². The van der Waals surface area contributed by atoms with Gasteiger partial charge >= 0.3 is 0 Å². The topological polar surface area (TPSA) is 12.0 Å². The third kappa shape index (κ3) is 2.54. The first kappa shape index (κ1) is 13.8. The summed E-state index contributed by atoms with van der Waals surface area (Å²) in [6, 6.07) is 12.6. The van der Waals surface area contributed by atoms with E-state index in [2.05, 4.69) is 42.6 Å². The molecule has 2 bridgehead atoms. The molecular weight excluding hydrogens is 254 g/mol. The van der Waals surface area contributed by atoms with Gasteiger partial charge in [-0.1, -0.05) is 56.5 Å². The van der Waals surface area contributed by atoms with Crippen LogP contribution in [0.4, 0.5) is 0 Å². The lowest BCUT2D eigenvalue weighted by atomic mass is 9.99. The van der Waals surface area contributed by atoms with Gasteiger partial charge in [-0.3, -0.25) is 0 Å². The Bertz CT molecular complexity index is 452. The first-order valence-electron chi connectivity index (χ1n) is 9.19. The first-order chi connectivity index (χ1) is 10.4. The van der Waals surface area contributed by atoms with Crippen LogP contribution in [0, 0.1) is 23.7 Å². The molecule has 1 aromatic rings. The van der Waals surface area contributed by atoms with E-state index < -0.39 is 0 Å². The zero-order valence-corrected chi connectivity index (χ0v) is 13.3. The molecule has 5 atom stereocenters. The van der Waals surface area contributed by atoms with Crippen molar-refractivity contribution in [2.24, 2.45) is 23.7 Å². The maximum atomic E-state index is 4.07. The second kappa shape index (κ2) is 5.76. The molecule has 1 aromatic carbocycles. The fourth-order valence-electron chi connectivity index (χ4n) is 5.41. The van der Waals surface area contributed by atoms with Crippen LogP contribution in [-0.4, -0.2) is 6.04 Å². The Balaban J connectivity index is 1.41. The smallest absolute Gasteiger partial charge is 0.0322 e. The average molecular weight is 283 g/mol. The Labute approximate surface area is 129 Å². The van der Waals surface area contributed by atoms with Crippen molar-refractivity contribution < 1.29 is 0 Å². The number of rotatable bonds is 7. The molecule has 0 radical (unpaired) electrons. The summed E-state index contributed by atoms with van der Waals surface area (Å²) in [5.41, 5.74) is 1.51. The summed E-state index contributed by atoms with van der Waals surface area (Å²) < 4.78 is 0. The van der Waals surface area contributed by atoms with Crippen LogP contribution in [0.1, 0.15) is 63.5 Å². The second-order valence-electron chi connectivity index (χ2n) is 7.64. The molecule has 1 N–H and O–H groups in total. The van der Waals surface area contributed by atoms with Crippen LogP contribution in [0.2, 0.25) is 0 Å². The highest BCUT2D eigenvalue weighted by Gasteiger charge is 2.64. The van der Waals surface area contributed by atoms with Gasteiger partial charge in [0.2, 0.25) is 0 Å². The zero-order valence-electron chi connectivity index (χ0n) is 13.3. The molecule has 3 aliphatic rings. The lowest BCUT2D eigenvalue weighted by Crippen LogP contribution is -2.28. The molecule has 5 unspecified atom stereocenters. The van der Waals surface area contributed by atoms with Crippen LogP contribution in [0.3, 0.4) is 0 Å². The molecular formula is C20H29N. The molecule has 0 aliphatic heterocycles. The normalized spacial score (nSPS) is 37.5. The van der Waals surface area contributed by atoms with E-state index in [0.29, 0.717) is 6.04 Å². The van der Waals surface area contributed by atoms with E-state index in [1.54, 1.807) is 6.42 Å². The SMILES string of the molecule is CCCCCC(NC1C2C3CCC(C3)C12)c1ccccc1. The van der Waals surface area contributed by atoms with Crippen molar-refractivity contribution in [2.75, 3.05) is 0 Å². The highest BCUT2D eigenvalue weighted by atomic mass is 15.0. The number of hydrogen-bond donors (Lipinski definition) is 1. The lowest BCUT2D eigenvalue weighted by Gasteiger charge is -2.21. The Morgan fingerprint density at radius 2 is 1.76 bits per heavy atom. The van der Waals surface area contributed by atoms with E-state index in [1.165, 1.54) is 44.1 Å². The van der Waals surface area contributed by atoms with Gasteiger partial charge in [0.25, 0.3) is 0 Å². The molecule has 0 spiro atoms. The fourth-order valence-corrected chi connectivity index (χ4v) is 5.41. The van der Waals surface area contributed by atoms with Crippen molar-refractivity contribution >= 4 is 0 Å². The van der Waals surface area contributed by atoms with Crippen molar-refractivity contribution in [3.05, 3.63) is 35.9 Å². The van der Waals surface area contributed by atoms with Gasteiger partial charge in [-0.15, -0.1) is 0 Å². The Kier molecular flexibility index (Phi) is 3.79. The van der Waals surface area contributed by atoms with Crippen molar-refractivity contribution in [1.82, 2.24) is 5.32 Å². The molecule has 0 saturated heterocycles. The van der Waals surface area contributed by atoms with Crippen LogP contribution in [0.15, 0.2) is 30.3 Å². The fraction of sp³-hybridized carbons (Fsp3) is 0.700. The summed E-state index contributed by atoms with van der Waals surface area (Å²) in [5.74, 6) is 4.23. The summed E-state index contributed by atoms with van der Waals surface area (Å²) in [6.07, 6.45) is 9.96. The quantitative estimate of drug-likeness (QED) is 0.699. The molecule has 0 amide bonds. The van der Waals surface area contributed by atoms with Gasteiger partial charge in [-0.25, -0.2) is 0 Å². The van der Waals surface area contributed by atoms with E-state index >= 15 is 0 Å². The minimum absolute atomic E-state index is 0.591. The Morgan fingerprint density at radius 3 is 2.43 bits per heavy atom. The molecule has 114 valence electrons. The van der Waals surface area contributed by atoms with Crippen molar-refractivity contribution in [2.45, 2.75) is 64.0 Å². The minimum Gasteiger partial charge on any atom is -0.307 e. The summed E-state index contributed by atoms with van der Waals surface area (Å²) in [4.78, 5) is 0. The van der Waals surface area contributed by atoms with E-state index in [1.807, 2.05) is 0 Å². The monoisotopic (exact) mass is 283 g/mol. The third-order valence-electron chi connectivity index (χ3n) is 6.43. The van der Waals surface area contributed by atoms with Gasteiger partial charge in [0.15, 0.2) is 0 Å². The van der Waals surface area contributed by atoms with Gasteiger partial charge in [-0.2, -0.15) is 0 Å². The lowest BCUT2D eigenvalue weighted by molar-refractivity contribution is 0.400. The van der Waals surface area contributed by atoms with E-state index in [9.17, 15) is 0 Å². The summed E-state index contributed by atoms with van der Waals surface area (Å²) in [6.45, 7) is 2.30. The molecule has 1 heteroatoms. The number of fused-ring (bicyclic) bond motifs is 5. The predicted octanol–water partition coefficient (Wildman–Crippen LogP) is 4.94. The zero-order chi connectivity index (χ0) is 14.2. The van der Waals surface area contributed by atoms with Gasteiger partial charge in [0.1, 0.15) is 0 Å². The predicted molar refractivity (Wildman–Crippen MR) is 88.1 cm³/mol. The molecule has 0 aromatic heterocycles. The van der Waals surface area contributed by atoms with Gasteiger partial charge < -0.3 is 5.32 Å². The summed E-state index contributed by atoms with van der Waals surface area (Å²) in [5, 5.41) is 4.07. The molecule has 3 saturated carbocycles. The van der Waals surface area contributed by atoms with Crippen molar-refractivity contribution in [1.29, 1.82) is 0 Å². The Morgan fingerprint density at radius 1 is 1.05 bits per heavy atom. The van der Waals surface area contributed by atoms with Crippen LogP contribution in [0.5, 0.6) is 0 Å². The molecule has 3 aliphatic carbocycles. The van der Waals surface area contributed by atoms with Crippen LogP contribution < -0.4 is 5.32 Å². The van der Waals surface area contributed by atoms with E-state index in [-0.39, 0.29) is 0 Å². The summed E-state index contributed by atoms with van der Waals surface area (Å²) >= 11 is 0. The second-order valence-corrected chi connectivity index (χ2v) is 7.64. The van der Waals surface area contributed by atoms with Crippen LogP contribution in [0.25, 0.3) is 0 Å².